The average Bonchev–Trinajstić information content (AvgIpc) is 3.51. The maximum Gasteiger partial charge on any atom is 0.294 e. The molecular weight excluding hydrogens is 422 g/mol. The first-order chi connectivity index (χ1) is 15.9. The number of aliphatic hydroxyl groups excluding tert-OH is 1. The van der Waals surface area contributed by atoms with E-state index in [9.17, 15) is 14.7 Å². The number of hydrogen-bond acceptors (Lipinski definition) is 6. The first-order valence-electron chi connectivity index (χ1n) is 10.4. The fraction of sp³-hybridized carbons (Fsp3) is 0.154. The molecule has 166 valence electrons. The zero-order chi connectivity index (χ0) is 23.3. The van der Waals surface area contributed by atoms with Crippen molar-refractivity contribution in [2.24, 2.45) is 0 Å². The lowest BCUT2D eigenvalue weighted by molar-refractivity contribution is -0.117. The van der Waals surface area contributed by atoms with Crippen molar-refractivity contribution in [3.63, 3.8) is 0 Å². The van der Waals surface area contributed by atoms with Gasteiger partial charge in [-0.3, -0.25) is 14.5 Å². The number of Topliss-reactive ketones (excluding diaryl/α,β-unsaturated/α-hetero) is 1. The summed E-state index contributed by atoms with van der Waals surface area (Å²) in [6, 6.07) is 14.9. The highest BCUT2D eigenvalue weighted by atomic mass is 16.5. The molecule has 2 aromatic carbocycles. The minimum Gasteiger partial charge on any atom is -0.503 e. The Morgan fingerprint density at radius 1 is 1.06 bits per heavy atom. The molecule has 0 spiro atoms. The SMILES string of the molecule is COc1cccc2cc(C(=O)C3=C(O)C(=O)N(c4cc(C)cc(C)c4)C3c3ccco3)oc12. The fourth-order valence-electron chi connectivity index (χ4n) is 4.35. The maximum atomic E-state index is 13.6. The van der Waals surface area contributed by atoms with Gasteiger partial charge < -0.3 is 18.7 Å². The number of aryl methyl sites for hydroxylation is 2. The molecule has 0 radical (unpaired) electrons. The molecule has 3 heterocycles. The van der Waals surface area contributed by atoms with E-state index in [4.69, 9.17) is 13.6 Å². The van der Waals surface area contributed by atoms with Crippen LogP contribution in [0.2, 0.25) is 0 Å². The Kier molecular flexibility index (Phi) is 4.82. The lowest BCUT2D eigenvalue weighted by Gasteiger charge is -2.25. The van der Waals surface area contributed by atoms with Gasteiger partial charge in [-0.25, -0.2) is 0 Å². The van der Waals surface area contributed by atoms with Crippen LogP contribution >= 0.6 is 0 Å². The lowest BCUT2D eigenvalue weighted by Crippen LogP contribution is -2.31. The molecule has 1 N–H and O–H groups in total. The molecule has 0 saturated carbocycles. The average molecular weight is 443 g/mol. The second-order valence-electron chi connectivity index (χ2n) is 8.02. The zero-order valence-electron chi connectivity index (χ0n) is 18.3. The predicted molar refractivity (Wildman–Crippen MR) is 122 cm³/mol. The summed E-state index contributed by atoms with van der Waals surface area (Å²) in [6.45, 7) is 3.83. The van der Waals surface area contributed by atoms with E-state index in [1.54, 1.807) is 36.4 Å². The number of carbonyl (C=O) groups is 2. The van der Waals surface area contributed by atoms with Crippen molar-refractivity contribution < 1.29 is 28.3 Å². The molecular formula is C26H21NO6. The van der Waals surface area contributed by atoms with Crippen LogP contribution in [0, 0.1) is 13.8 Å². The zero-order valence-corrected chi connectivity index (χ0v) is 18.3. The summed E-state index contributed by atoms with van der Waals surface area (Å²) >= 11 is 0. The van der Waals surface area contributed by atoms with Crippen molar-refractivity contribution >= 4 is 28.3 Å². The van der Waals surface area contributed by atoms with E-state index in [1.165, 1.54) is 18.3 Å². The van der Waals surface area contributed by atoms with E-state index in [0.717, 1.165) is 11.1 Å². The molecule has 1 atom stereocenters. The maximum absolute atomic E-state index is 13.6. The summed E-state index contributed by atoms with van der Waals surface area (Å²) in [5.74, 6) is -1.10. The first-order valence-corrected chi connectivity index (χ1v) is 10.4. The van der Waals surface area contributed by atoms with Gasteiger partial charge in [0.1, 0.15) is 11.8 Å². The molecule has 4 aromatic rings. The molecule has 5 rings (SSSR count). The minimum absolute atomic E-state index is 0.0114. The van der Waals surface area contributed by atoms with Gasteiger partial charge in [0.25, 0.3) is 5.91 Å². The fourth-order valence-corrected chi connectivity index (χ4v) is 4.35. The van der Waals surface area contributed by atoms with Crippen LogP contribution in [0.4, 0.5) is 5.69 Å². The number of amides is 1. The number of carbonyl (C=O) groups excluding carboxylic acids is 2. The third-order valence-corrected chi connectivity index (χ3v) is 5.70. The molecule has 0 saturated heterocycles. The molecule has 0 aliphatic carbocycles. The Labute approximate surface area is 189 Å². The second-order valence-corrected chi connectivity index (χ2v) is 8.02. The summed E-state index contributed by atoms with van der Waals surface area (Å²) in [6.07, 6.45) is 1.46. The van der Waals surface area contributed by atoms with Crippen molar-refractivity contribution in [2.75, 3.05) is 12.0 Å². The number of methoxy groups -OCH3 is 1. The Morgan fingerprint density at radius 3 is 2.48 bits per heavy atom. The minimum atomic E-state index is -0.948. The second kappa shape index (κ2) is 7.70. The number of para-hydroxylation sites is 1. The molecule has 0 fully saturated rings. The third kappa shape index (κ3) is 3.29. The molecule has 0 bridgehead atoms. The van der Waals surface area contributed by atoms with Crippen LogP contribution in [-0.4, -0.2) is 23.9 Å². The number of nitrogens with zero attached hydrogens (tertiary/aromatic N) is 1. The molecule has 7 heteroatoms. The highest BCUT2D eigenvalue weighted by molar-refractivity contribution is 6.20. The summed E-state index contributed by atoms with van der Waals surface area (Å²) in [5.41, 5.74) is 2.75. The number of anilines is 1. The highest BCUT2D eigenvalue weighted by Gasteiger charge is 2.46. The van der Waals surface area contributed by atoms with Gasteiger partial charge in [-0.15, -0.1) is 0 Å². The molecule has 2 aromatic heterocycles. The number of ether oxygens (including phenoxy) is 1. The van der Waals surface area contributed by atoms with Gasteiger partial charge in [-0.05, 0) is 61.4 Å². The number of rotatable bonds is 5. The topological polar surface area (TPSA) is 93.1 Å². The van der Waals surface area contributed by atoms with E-state index in [-0.39, 0.29) is 11.3 Å². The number of hydrogen-bond donors (Lipinski definition) is 1. The largest absolute Gasteiger partial charge is 0.503 e. The Hall–Kier alpha value is -4.26. The Balaban J connectivity index is 1.65. The van der Waals surface area contributed by atoms with E-state index >= 15 is 0 Å². The van der Waals surface area contributed by atoms with Crippen molar-refractivity contribution in [3.05, 3.63) is 94.8 Å². The number of ketones is 1. The molecule has 1 unspecified atom stereocenters. The van der Waals surface area contributed by atoms with E-state index < -0.39 is 23.5 Å². The van der Waals surface area contributed by atoms with Crippen LogP contribution in [0.25, 0.3) is 11.0 Å². The number of furan rings is 2. The molecule has 1 aliphatic rings. The van der Waals surface area contributed by atoms with E-state index in [1.807, 2.05) is 32.0 Å². The van der Waals surface area contributed by atoms with Crippen molar-refractivity contribution in [3.8, 4) is 5.75 Å². The Morgan fingerprint density at radius 2 is 1.82 bits per heavy atom. The molecule has 7 nitrogen and oxygen atoms in total. The van der Waals surface area contributed by atoms with Gasteiger partial charge in [0.05, 0.1) is 18.9 Å². The quantitative estimate of drug-likeness (QED) is 0.413. The lowest BCUT2D eigenvalue weighted by atomic mass is 9.99. The number of benzene rings is 2. The van der Waals surface area contributed by atoms with Crippen LogP contribution in [0.5, 0.6) is 5.75 Å². The van der Waals surface area contributed by atoms with Crippen molar-refractivity contribution in [1.82, 2.24) is 0 Å². The van der Waals surface area contributed by atoms with E-state index in [2.05, 4.69) is 0 Å². The van der Waals surface area contributed by atoms with Crippen molar-refractivity contribution in [2.45, 2.75) is 19.9 Å². The summed E-state index contributed by atoms with van der Waals surface area (Å²) in [5, 5.41) is 11.5. The Bertz CT molecular complexity index is 1410. The molecule has 1 aliphatic heterocycles. The van der Waals surface area contributed by atoms with E-state index in [0.29, 0.717) is 28.2 Å². The van der Waals surface area contributed by atoms with Crippen LogP contribution in [0.3, 0.4) is 0 Å². The summed E-state index contributed by atoms with van der Waals surface area (Å²) in [7, 11) is 1.51. The summed E-state index contributed by atoms with van der Waals surface area (Å²) < 4.78 is 16.7. The normalized spacial score (nSPS) is 16.2. The van der Waals surface area contributed by atoms with Gasteiger partial charge in [-0.2, -0.15) is 0 Å². The summed E-state index contributed by atoms with van der Waals surface area (Å²) in [4.78, 5) is 28.2. The van der Waals surface area contributed by atoms with Crippen LogP contribution in [0.15, 0.2) is 81.0 Å². The highest BCUT2D eigenvalue weighted by Crippen LogP contribution is 2.43. The van der Waals surface area contributed by atoms with Crippen LogP contribution in [0.1, 0.15) is 33.5 Å². The van der Waals surface area contributed by atoms with Gasteiger partial charge in [0.2, 0.25) is 5.78 Å². The number of aliphatic hydroxyl groups is 1. The standard InChI is InChI=1S/C26H21NO6/c1-14-10-15(2)12-17(11-14)27-22(18-8-5-9-32-18)21(24(29)26(27)30)23(28)20-13-16-6-4-7-19(31-3)25(16)33-20/h4-13,22,29H,1-3H3. The smallest absolute Gasteiger partial charge is 0.294 e. The van der Waals surface area contributed by atoms with Gasteiger partial charge in [0.15, 0.2) is 22.9 Å². The van der Waals surface area contributed by atoms with Crippen molar-refractivity contribution in [1.29, 1.82) is 0 Å². The van der Waals surface area contributed by atoms with Crippen LogP contribution < -0.4 is 9.64 Å². The van der Waals surface area contributed by atoms with Gasteiger partial charge in [0, 0.05) is 11.1 Å². The van der Waals surface area contributed by atoms with Gasteiger partial charge >= 0.3 is 0 Å². The predicted octanol–water partition coefficient (Wildman–Crippen LogP) is 5.43. The molecule has 1 amide bonds. The monoisotopic (exact) mass is 443 g/mol. The number of fused-ring (bicyclic) bond motifs is 1. The first kappa shape index (κ1) is 20.6. The van der Waals surface area contributed by atoms with Gasteiger partial charge in [-0.1, -0.05) is 18.2 Å². The third-order valence-electron chi connectivity index (χ3n) is 5.70. The van der Waals surface area contributed by atoms with Crippen LogP contribution in [-0.2, 0) is 4.79 Å². The molecule has 33 heavy (non-hydrogen) atoms.